The summed E-state index contributed by atoms with van der Waals surface area (Å²) in [6, 6.07) is 15.8. The summed E-state index contributed by atoms with van der Waals surface area (Å²) in [5, 5.41) is 16.9. The number of carbonyl (C=O) groups is 1. The van der Waals surface area contributed by atoms with Crippen molar-refractivity contribution >= 4 is 22.6 Å². The number of hydrogen-bond donors (Lipinski definition) is 4. The molecule has 1 unspecified atom stereocenters. The minimum absolute atomic E-state index is 0.217. The fourth-order valence-corrected chi connectivity index (χ4v) is 3.58. The van der Waals surface area contributed by atoms with Crippen molar-refractivity contribution in [1.29, 1.82) is 0 Å². The average molecular weight is 364 g/mol. The third kappa shape index (κ3) is 4.30. The van der Waals surface area contributed by atoms with Gasteiger partial charge in [-0.15, -0.1) is 0 Å². The van der Waals surface area contributed by atoms with Crippen LogP contribution in [0.15, 0.2) is 54.7 Å². The molecule has 1 atom stereocenters. The van der Waals surface area contributed by atoms with E-state index in [1.165, 1.54) is 11.1 Å². The van der Waals surface area contributed by atoms with Crippen molar-refractivity contribution in [1.82, 2.24) is 15.2 Å². The van der Waals surface area contributed by atoms with E-state index in [9.17, 15) is 9.90 Å². The molecule has 0 aliphatic carbocycles. The van der Waals surface area contributed by atoms with Crippen molar-refractivity contribution in [3.63, 3.8) is 0 Å². The molecule has 1 aliphatic rings. The Morgan fingerprint density at radius 1 is 1.19 bits per heavy atom. The molecule has 27 heavy (non-hydrogen) atoms. The van der Waals surface area contributed by atoms with Gasteiger partial charge in [0.15, 0.2) is 0 Å². The number of fused-ring (bicyclic) bond motifs is 2. The van der Waals surface area contributed by atoms with Crippen molar-refractivity contribution in [2.75, 3.05) is 25.0 Å². The van der Waals surface area contributed by atoms with Crippen LogP contribution in [-0.4, -0.2) is 46.8 Å². The minimum Gasteiger partial charge on any atom is -0.390 e. The maximum absolute atomic E-state index is 12.1. The molecule has 0 fully saturated rings. The van der Waals surface area contributed by atoms with Gasteiger partial charge in [0.2, 0.25) is 0 Å². The zero-order valence-electron chi connectivity index (χ0n) is 15.1. The third-order valence-electron chi connectivity index (χ3n) is 4.99. The van der Waals surface area contributed by atoms with Crippen molar-refractivity contribution in [2.45, 2.75) is 19.1 Å². The molecule has 3 aromatic rings. The van der Waals surface area contributed by atoms with Gasteiger partial charge in [-0.05, 0) is 41.1 Å². The van der Waals surface area contributed by atoms with Crippen molar-refractivity contribution < 1.29 is 9.90 Å². The smallest absolute Gasteiger partial charge is 0.319 e. The van der Waals surface area contributed by atoms with Gasteiger partial charge >= 0.3 is 6.03 Å². The molecule has 140 valence electrons. The van der Waals surface area contributed by atoms with Crippen LogP contribution in [0.25, 0.3) is 10.9 Å². The molecule has 1 aliphatic heterocycles. The van der Waals surface area contributed by atoms with Gasteiger partial charge in [0.1, 0.15) is 0 Å². The predicted molar refractivity (Wildman–Crippen MR) is 107 cm³/mol. The van der Waals surface area contributed by atoms with Crippen molar-refractivity contribution in [3.8, 4) is 0 Å². The maximum Gasteiger partial charge on any atom is 0.319 e. The number of β-amino-alcohol motifs (C(OH)–C–C–N with tert-alkyl or cyclic N) is 1. The summed E-state index contributed by atoms with van der Waals surface area (Å²) >= 11 is 0. The Morgan fingerprint density at radius 3 is 2.93 bits per heavy atom. The Bertz CT molecular complexity index is 937. The Hall–Kier alpha value is -2.83. The number of anilines is 1. The number of rotatable bonds is 5. The number of urea groups is 1. The first kappa shape index (κ1) is 17.6. The molecule has 2 heterocycles. The molecule has 2 aromatic carbocycles. The summed E-state index contributed by atoms with van der Waals surface area (Å²) < 4.78 is 0. The summed E-state index contributed by atoms with van der Waals surface area (Å²) in [4.78, 5) is 17.4. The topological polar surface area (TPSA) is 80.4 Å². The largest absolute Gasteiger partial charge is 0.390 e. The van der Waals surface area contributed by atoms with Crippen molar-refractivity contribution in [2.24, 2.45) is 0 Å². The molecule has 6 heteroatoms. The summed E-state index contributed by atoms with van der Waals surface area (Å²) in [6.45, 7) is 2.53. The fraction of sp³-hybridized carbons (Fsp3) is 0.286. The number of aromatic nitrogens is 1. The summed E-state index contributed by atoms with van der Waals surface area (Å²) in [5.74, 6) is 0. The lowest BCUT2D eigenvalue weighted by molar-refractivity contribution is 0.106. The van der Waals surface area contributed by atoms with E-state index in [1.54, 1.807) is 0 Å². The second kappa shape index (κ2) is 7.82. The molecular weight excluding hydrogens is 340 g/mol. The molecule has 0 spiro atoms. The number of aliphatic hydroxyl groups excluding tert-OH is 1. The molecule has 4 rings (SSSR count). The number of aromatic amines is 1. The second-order valence-electron chi connectivity index (χ2n) is 7.02. The molecule has 0 saturated heterocycles. The van der Waals surface area contributed by atoms with Gasteiger partial charge in [-0.25, -0.2) is 4.79 Å². The van der Waals surface area contributed by atoms with Gasteiger partial charge in [-0.3, -0.25) is 4.90 Å². The monoisotopic (exact) mass is 364 g/mol. The summed E-state index contributed by atoms with van der Waals surface area (Å²) in [5.41, 5.74) is 4.39. The van der Waals surface area contributed by atoms with Crippen LogP contribution in [0, 0.1) is 0 Å². The Labute approximate surface area is 158 Å². The molecule has 0 saturated carbocycles. The average Bonchev–Trinajstić information content (AvgIpc) is 3.14. The minimum atomic E-state index is -0.605. The lowest BCUT2D eigenvalue weighted by Gasteiger charge is -2.30. The molecule has 2 amide bonds. The highest BCUT2D eigenvalue weighted by Gasteiger charge is 2.18. The maximum atomic E-state index is 12.1. The van der Waals surface area contributed by atoms with Crippen LogP contribution in [0.5, 0.6) is 0 Å². The van der Waals surface area contributed by atoms with Crippen molar-refractivity contribution in [3.05, 3.63) is 65.9 Å². The van der Waals surface area contributed by atoms with Gasteiger partial charge in [0.05, 0.1) is 6.10 Å². The van der Waals surface area contributed by atoms with E-state index < -0.39 is 6.10 Å². The van der Waals surface area contributed by atoms with Gasteiger partial charge in [0, 0.05) is 43.6 Å². The van der Waals surface area contributed by atoms with E-state index in [2.05, 4.69) is 44.8 Å². The Morgan fingerprint density at radius 2 is 2.04 bits per heavy atom. The number of H-pyrrole nitrogens is 1. The van der Waals surface area contributed by atoms with Crippen LogP contribution < -0.4 is 10.6 Å². The van der Waals surface area contributed by atoms with Crippen LogP contribution in [0.1, 0.15) is 11.1 Å². The Balaban J connectivity index is 1.24. The van der Waals surface area contributed by atoms with Crippen LogP contribution in [-0.2, 0) is 13.0 Å². The van der Waals surface area contributed by atoms with Gasteiger partial charge in [0.25, 0.3) is 0 Å². The molecule has 4 N–H and O–H groups in total. The zero-order chi connectivity index (χ0) is 18.6. The number of carbonyl (C=O) groups excluding carboxylic acids is 1. The Kier molecular flexibility index (Phi) is 5.09. The van der Waals surface area contributed by atoms with Crippen LogP contribution in [0.4, 0.5) is 10.5 Å². The van der Waals surface area contributed by atoms with Gasteiger partial charge < -0.3 is 20.7 Å². The lowest BCUT2D eigenvalue weighted by atomic mass is 10.00. The van der Waals surface area contributed by atoms with Gasteiger partial charge in [-0.1, -0.05) is 30.3 Å². The summed E-state index contributed by atoms with van der Waals surface area (Å²) in [6.07, 6.45) is 2.26. The highest BCUT2D eigenvalue weighted by atomic mass is 16.3. The standard InChI is InChI=1S/C21H24N4O2/c26-19(14-25-10-8-15-3-1-2-4-17(15)13-25)12-23-21(27)24-18-6-5-16-7-9-22-20(16)11-18/h1-7,9,11,19,22,26H,8,10,12-14H2,(H2,23,24,27). The number of aliphatic hydroxyl groups is 1. The lowest BCUT2D eigenvalue weighted by Crippen LogP contribution is -2.42. The van der Waals surface area contributed by atoms with Crippen LogP contribution >= 0.6 is 0 Å². The van der Waals surface area contributed by atoms with E-state index in [0.717, 1.165) is 30.4 Å². The highest BCUT2D eigenvalue weighted by molar-refractivity contribution is 5.92. The molecule has 0 radical (unpaired) electrons. The number of amides is 2. The first-order chi connectivity index (χ1) is 13.2. The van der Waals surface area contributed by atoms with E-state index in [0.29, 0.717) is 12.2 Å². The zero-order valence-corrected chi connectivity index (χ0v) is 15.1. The van der Waals surface area contributed by atoms with Crippen LogP contribution in [0.3, 0.4) is 0 Å². The number of benzene rings is 2. The first-order valence-corrected chi connectivity index (χ1v) is 9.26. The quantitative estimate of drug-likeness (QED) is 0.562. The van der Waals surface area contributed by atoms with E-state index >= 15 is 0 Å². The molecular formula is C21H24N4O2. The van der Waals surface area contributed by atoms with E-state index in [-0.39, 0.29) is 12.6 Å². The van der Waals surface area contributed by atoms with Gasteiger partial charge in [-0.2, -0.15) is 0 Å². The number of hydrogen-bond acceptors (Lipinski definition) is 3. The number of nitrogens with zero attached hydrogens (tertiary/aromatic N) is 1. The molecule has 1 aromatic heterocycles. The second-order valence-corrected chi connectivity index (χ2v) is 7.02. The predicted octanol–water partition coefficient (Wildman–Crippen LogP) is 2.71. The first-order valence-electron chi connectivity index (χ1n) is 9.26. The van der Waals surface area contributed by atoms with Crippen LogP contribution in [0.2, 0.25) is 0 Å². The molecule has 6 nitrogen and oxygen atoms in total. The summed E-state index contributed by atoms with van der Waals surface area (Å²) in [7, 11) is 0. The SMILES string of the molecule is O=C(NCC(O)CN1CCc2ccccc2C1)Nc1ccc2cc[nH]c2c1. The normalized spacial score (nSPS) is 15.3. The van der Waals surface area contributed by atoms with E-state index in [4.69, 9.17) is 0 Å². The highest BCUT2D eigenvalue weighted by Crippen LogP contribution is 2.19. The van der Waals surface area contributed by atoms with E-state index in [1.807, 2.05) is 30.5 Å². The molecule has 0 bridgehead atoms. The number of nitrogens with one attached hydrogen (secondary N) is 3. The third-order valence-corrected chi connectivity index (χ3v) is 4.99. The fourth-order valence-electron chi connectivity index (χ4n) is 3.58.